The summed E-state index contributed by atoms with van der Waals surface area (Å²) >= 11 is 0. The second-order valence-electron chi connectivity index (χ2n) is 7.17. The van der Waals surface area contributed by atoms with Crippen molar-refractivity contribution >= 4 is 17.5 Å². The average Bonchev–Trinajstić information content (AvgIpc) is 2.88. The van der Waals surface area contributed by atoms with E-state index in [-0.39, 0.29) is 29.9 Å². The lowest BCUT2D eigenvalue weighted by molar-refractivity contribution is -0.116. The van der Waals surface area contributed by atoms with E-state index in [1.807, 2.05) is 32.9 Å². The molecule has 1 aromatic rings. The molecule has 1 heterocycles. The maximum absolute atomic E-state index is 12.5. The Morgan fingerprint density at radius 1 is 1.35 bits per heavy atom. The van der Waals surface area contributed by atoms with Gasteiger partial charge in [-0.1, -0.05) is 20.8 Å². The van der Waals surface area contributed by atoms with Crippen LogP contribution in [0.3, 0.4) is 0 Å². The molecule has 126 valence electrons. The molecule has 0 spiro atoms. The predicted octanol–water partition coefficient (Wildman–Crippen LogP) is 2.12. The Kier molecular flexibility index (Phi) is 5.09. The third-order valence-corrected chi connectivity index (χ3v) is 4.39. The van der Waals surface area contributed by atoms with Crippen molar-refractivity contribution in [3.8, 4) is 0 Å². The second-order valence-corrected chi connectivity index (χ2v) is 7.17. The van der Waals surface area contributed by atoms with Crippen LogP contribution in [0.2, 0.25) is 0 Å². The Balaban J connectivity index is 2.16. The first-order valence-corrected chi connectivity index (χ1v) is 8.07. The Labute approximate surface area is 137 Å². The van der Waals surface area contributed by atoms with E-state index in [1.165, 1.54) is 0 Å². The summed E-state index contributed by atoms with van der Waals surface area (Å²) in [5.41, 5.74) is 2.40. The van der Waals surface area contributed by atoms with Crippen molar-refractivity contribution in [2.24, 2.45) is 5.41 Å². The lowest BCUT2D eigenvalue weighted by atomic mass is 9.84. The lowest BCUT2D eigenvalue weighted by Crippen LogP contribution is -2.44. The van der Waals surface area contributed by atoms with E-state index in [1.54, 1.807) is 17.9 Å². The zero-order valence-electron chi connectivity index (χ0n) is 14.3. The fourth-order valence-electron chi connectivity index (χ4n) is 2.96. The zero-order valence-corrected chi connectivity index (χ0v) is 14.3. The first kappa shape index (κ1) is 17.5. The molecule has 1 aliphatic heterocycles. The molecule has 2 rings (SSSR count). The number of fused-ring (bicyclic) bond motifs is 1. The highest BCUT2D eigenvalue weighted by Crippen LogP contribution is 2.29. The van der Waals surface area contributed by atoms with E-state index >= 15 is 0 Å². The molecule has 2 amide bonds. The summed E-state index contributed by atoms with van der Waals surface area (Å²) in [6.45, 7) is 8.40. The number of benzene rings is 1. The second kappa shape index (κ2) is 6.71. The molecule has 0 bridgehead atoms. The van der Waals surface area contributed by atoms with Crippen LogP contribution in [0.4, 0.5) is 5.69 Å². The summed E-state index contributed by atoms with van der Waals surface area (Å²) in [5, 5.41) is 12.2. The van der Waals surface area contributed by atoms with Crippen LogP contribution >= 0.6 is 0 Å². The minimum atomic E-state index is -0.137. The number of nitrogens with one attached hydrogen (secondary N) is 1. The third-order valence-electron chi connectivity index (χ3n) is 4.39. The molecular formula is C18H26N2O3. The highest BCUT2D eigenvalue weighted by molar-refractivity contribution is 5.98. The predicted molar refractivity (Wildman–Crippen MR) is 90.6 cm³/mol. The van der Waals surface area contributed by atoms with Gasteiger partial charge in [0.1, 0.15) is 0 Å². The number of carbonyl (C=O) groups is 2. The number of hydrogen-bond acceptors (Lipinski definition) is 3. The first-order valence-electron chi connectivity index (χ1n) is 8.07. The van der Waals surface area contributed by atoms with Crippen LogP contribution in [0.1, 0.15) is 50.0 Å². The molecule has 1 unspecified atom stereocenters. The van der Waals surface area contributed by atoms with Crippen molar-refractivity contribution < 1.29 is 14.7 Å². The van der Waals surface area contributed by atoms with Crippen molar-refractivity contribution in [1.82, 2.24) is 5.32 Å². The maximum atomic E-state index is 12.5. The highest BCUT2D eigenvalue weighted by Gasteiger charge is 2.27. The maximum Gasteiger partial charge on any atom is 0.251 e. The number of anilines is 1. The minimum absolute atomic E-state index is 0.0247. The standard InChI is InChI=1S/C18H26N2O3/c1-12(22)20-9-7-13-11-14(5-6-15(13)20)17(23)19-16(8-10-21)18(2,3)4/h5-6,11,16,21H,7-10H2,1-4H3,(H,19,23). The fraction of sp³-hybridized carbons (Fsp3) is 0.556. The van der Waals surface area contributed by atoms with E-state index in [2.05, 4.69) is 5.32 Å². The van der Waals surface area contributed by atoms with Crippen molar-refractivity contribution in [3.63, 3.8) is 0 Å². The topological polar surface area (TPSA) is 69.6 Å². The number of carbonyl (C=O) groups excluding carboxylic acids is 2. The number of rotatable bonds is 4. The third kappa shape index (κ3) is 3.91. The van der Waals surface area contributed by atoms with Crippen molar-refractivity contribution in [2.75, 3.05) is 18.1 Å². The van der Waals surface area contributed by atoms with Gasteiger partial charge in [0, 0.05) is 37.4 Å². The molecule has 5 heteroatoms. The van der Waals surface area contributed by atoms with Crippen LogP contribution in [0.15, 0.2) is 18.2 Å². The Morgan fingerprint density at radius 3 is 2.61 bits per heavy atom. The largest absolute Gasteiger partial charge is 0.396 e. The first-order chi connectivity index (χ1) is 10.7. The van der Waals surface area contributed by atoms with Gasteiger partial charge in [-0.05, 0) is 42.0 Å². The minimum Gasteiger partial charge on any atom is -0.396 e. The molecule has 0 radical (unpaired) electrons. The van der Waals surface area contributed by atoms with Gasteiger partial charge in [0.05, 0.1) is 0 Å². The van der Waals surface area contributed by atoms with Gasteiger partial charge in [-0.2, -0.15) is 0 Å². The molecule has 0 aliphatic carbocycles. The van der Waals surface area contributed by atoms with Gasteiger partial charge in [0.15, 0.2) is 0 Å². The van der Waals surface area contributed by atoms with Gasteiger partial charge in [0.25, 0.3) is 5.91 Å². The number of amides is 2. The van der Waals surface area contributed by atoms with E-state index in [0.717, 1.165) is 17.7 Å². The average molecular weight is 318 g/mol. The molecule has 0 saturated heterocycles. The summed E-state index contributed by atoms with van der Waals surface area (Å²) in [4.78, 5) is 25.8. The van der Waals surface area contributed by atoms with Gasteiger partial charge >= 0.3 is 0 Å². The van der Waals surface area contributed by atoms with Crippen LogP contribution in [-0.4, -0.2) is 36.1 Å². The van der Waals surface area contributed by atoms with E-state index in [9.17, 15) is 14.7 Å². The van der Waals surface area contributed by atoms with Crippen LogP contribution in [0, 0.1) is 5.41 Å². The number of hydrogen-bond donors (Lipinski definition) is 2. The van der Waals surface area contributed by atoms with Crippen LogP contribution in [-0.2, 0) is 11.2 Å². The van der Waals surface area contributed by atoms with Gasteiger partial charge in [-0.3, -0.25) is 9.59 Å². The normalized spacial score (nSPS) is 15.3. The molecule has 1 aromatic carbocycles. The van der Waals surface area contributed by atoms with E-state index in [0.29, 0.717) is 18.5 Å². The number of aliphatic hydroxyl groups is 1. The Hall–Kier alpha value is -1.88. The lowest BCUT2D eigenvalue weighted by Gasteiger charge is -2.31. The van der Waals surface area contributed by atoms with Crippen LogP contribution < -0.4 is 10.2 Å². The van der Waals surface area contributed by atoms with Gasteiger partial charge < -0.3 is 15.3 Å². The van der Waals surface area contributed by atoms with Crippen LogP contribution in [0.25, 0.3) is 0 Å². The Morgan fingerprint density at radius 2 is 2.04 bits per heavy atom. The molecule has 0 fully saturated rings. The molecule has 0 saturated carbocycles. The van der Waals surface area contributed by atoms with E-state index < -0.39 is 0 Å². The smallest absolute Gasteiger partial charge is 0.251 e. The molecular weight excluding hydrogens is 292 g/mol. The highest BCUT2D eigenvalue weighted by atomic mass is 16.3. The SMILES string of the molecule is CC(=O)N1CCc2cc(C(=O)NC(CCO)C(C)(C)C)ccc21. The molecule has 1 aliphatic rings. The molecule has 23 heavy (non-hydrogen) atoms. The zero-order chi connectivity index (χ0) is 17.2. The number of nitrogens with zero attached hydrogens (tertiary/aromatic N) is 1. The van der Waals surface area contributed by atoms with Crippen molar-refractivity contribution in [3.05, 3.63) is 29.3 Å². The van der Waals surface area contributed by atoms with Crippen LogP contribution in [0.5, 0.6) is 0 Å². The van der Waals surface area contributed by atoms with Gasteiger partial charge in [-0.15, -0.1) is 0 Å². The van der Waals surface area contributed by atoms with Crippen molar-refractivity contribution in [1.29, 1.82) is 0 Å². The van der Waals surface area contributed by atoms with Crippen molar-refractivity contribution in [2.45, 2.75) is 46.6 Å². The van der Waals surface area contributed by atoms with Gasteiger partial charge in [-0.25, -0.2) is 0 Å². The molecule has 5 nitrogen and oxygen atoms in total. The van der Waals surface area contributed by atoms with E-state index in [4.69, 9.17) is 0 Å². The summed E-state index contributed by atoms with van der Waals surface area (Å²) in [6, 6.07) is 5.37. The monoisotopic (exact) mass is 318 g/mol. The molecule has 2 N–H and O–H groups in total. The summed E-state index contributed by atoms with van der Waals surface area (Å²) < 4.78 is 0. The Bertz CT molecular complexity index is 605. The summed E-state index contributed by atoms with van der Waals surface area (Å²) in [7, 11) is 0. The molecule has 0 aromatic heterocycles. The number of aliphatic hydroxyl groups excluding tert-OH is 1. The molecule has 1 atom stereocenters. The quantitative estimate of drug-likeness (QED) is 0.893. The fourth-order valence-corrected chi connectivity index (χ4v) is 2.96. The summed E-state index contributed by atoms with van der Waals surface area (Å²) in [5.74, 6) is -0.112. The van der Waals surface area contributed by atoms with Gasteiger partial charge in [0.2, 0.25) is 5.91 Å². The summed E-state index contributed by atoms with van der Waals surface area (Å²) in [6.07, 6.45) is 1.30.